The largest absolute Gasteiger partial charge is 0.494 e. The highest BCUT2D eigenvalue weighted by Crippen LogP contribution is 2.46. The molecule has 1 aromatic heterocycles. The summed E-state index contributed by atoms with van der Waals surface area (Å²) in [5.74, 6) is 1.75. The second-order valence-electron chi connectivity index (χ2n) is 5.41. The lowest BCUT2D eigenvalue weighted by Gasteiger charge is -2.17. The maximum absolute atomic E-state index is 11.4. The third-order valence-electron chi connectivity index (χ3n) is 4.01. The summed E-state index contributed by atoms with van der Waals surface area (Å²) in [6.07, 6.45) is 2.44. The number of ether oxygens (including phenoxy) is 3. The van der Waals surface area contributed by atoms with Gasteiger partial charge in [-0.05, 0) is 12.5 Å². The standard InChI is InChI=1S/C19H19NO4/c1-12-17(22-2)16-15(14(10-21)9-20-16)19(18(12)23-3)24-11-13-7-5-4-6-8-13/h4-10,20H,11H2,1-3H3. The number of aromatic nitrogens is 1. The Labute approximate surface area is 140 Å². The molecule has 0 saturated carbocycles. The van der Waals surface area contributed by atoms with Crippen LogP contribution < -0.4 is 14.2 Å². The lowest BCUT2D eigenvalue weighted by Crippen LogP contribution is -2.02. The van der Waals surface area contributed by atoms with Gasteiger partial charge in [0, 0.05) is 17.3 Å². The lowest BCUT2D eigenvalue weighted by atomic mass is 10.1. The first-order valence-electron chi connectivity index (χ1n) is 7.58. The van der Waals surface area contributed by atoms with Crippen molar-refractivity contribution in [1.82, 2.24) is 4.98 Å². The molecule has 0 amide bonds. The van der Waals surface area contributed by atoms with Crippen molar-refractivity contribution in [3.63, 3.8) is 0 Å². The first-order chi connectivity index (χ1) is 11.7. The molecule has 0 saturated heterocycles. The van der Waals surface area contributed by atoms with Crippen LogP contribution in [0.2, 0.25) is 0 Å². The molecule has 3 rings (SSSR count). The third-order valence-corrected chi connectivity index (χ3v) is 4.01. The fourth-order valence-corrected chi connectivity index (χ4v) is 2.90. The van der Waals surface area contributed by atoms with Gasteiger partial charge in [-0.3, -0.25) is 4.79 Å². The molecular formula is C19H19NO4. The summed E-state index contributed by atoms with van der Waals surface area (Å²) in [4.78, 5) is 14.5. The highest BCUT2D eigenvalue weighted by atomic mass is 16.5. The molecule has 3 aromatic rings. The predicted molar refractivity (Wildman–Crippen MR) is 92.3 cm³/mol. The maximum atomic E-state index is 11.4. The minimum absolute atomic E-state index is 0.377. The number of H-pyrrole nitrogens is 1. The number of benzene rings is 2. The van der Waals surface area contributed by atoms with Crippen molar-refractivity contribution in [3.05, 3.63) is 53.2 Å². The Balaban J connectivity index is 2.17. The van der Waals surface area contributed by atoms with Gasteiger partial charge >= 0.3 is 0 Å². The topological polar surface area (TPSA) is 60.5 Å². The number of aromatic amines is 1. The molecule has 24 heavy (non-hydrogen) atoms. The number of methoxy groups -OCH3 is 2. The van der Waals surface area contributed by atoms with Crippen LogP contribution in [0.25, 0.3) is 10.9 Å². The molecule has 0 atom stereocenters. The molecule has 5 heteroatoms. The summed E-state index contributed by atoms with van der Waals surface area (Å²) in [5.41, 5.74) is 3.07. The minimum Gasteiger partial charge on any atom is -0.494 e. The van der Waals surface area contributed by atoms with Gasteiger partial charge in [-0.1, -0.05) is 30.3 Å². The van der Waals surface area contributed by atoms with Gasteiger partial charge in [0.05, 0.1) is 25.1 Å². The molecule has 5 nitrogen and oxygen atoms in total. The van der Waals surface area contributed by atoms with E-state index in [1.807, 2.05) is 37.3 Å². The van der Waals surface area contributed by atoms with Crippen LogP contribution in [0.4, 0.5) is 0 Å². The van der Waals surface area contributed by atoms with Crippen LogP contribution in [-0.4, -0.2) is 25.5 Å². The van der Waals surface area contributed by atoms with Gasteiger partial charge in [0.2, 0.25) is 0 Å². The Morgan fingerprint density at radius 3 is 2.38 bits per heavy atom. The first-order valence-corrected chi connectivity index (χ1v) is 7.58. The molecule has 0 unspecified atom stereocenters. The van der Waals surface area contributed by atoms with E-state index in [4.69, 9.17) is 14.2 Å². The molecule has 0 radical (unpaired) electrons. The summed E-state index contributed by atoms with van der Waals surface area (Å²) in [6, 6.07) is 9.84. The fourth-order valence-electron chi connectivity index (χ4n) is 2.90. The number of fused-ring (bicyclic) bond motifs is 1. The monoisotopic (exact) mass is 325 g/mol. The van der Waals surface area contributed by atoms with E-state index < -0.39 is 0 Å². The van der Waals surface area contributed by atoms with Crippen LogP contribution in [0.3, 0.4) is 0 Å². The van der Waals surface area contributed by atoms with Crippen molar-refractivity contribution >= 4 is 17.2 Å². The van der Waals surface area contributed by atoms with Crippen molar-refractivity contribution in [2.45, 2.75) is 13.5 Å². The van der Waals surface area contributed by atoms with Gasteiger partial charge in [-0.25, -0.2) is 0 Å². The molecule has 0 bridgehead atoms. The zero-order valence-corrected chi connectivity index (χ0v) is 13.9. The summed E-state index contributed by atoms with van der Waals surface area (Å²) in [5, 5.41) is 0.667. The molecule has 1 N–H and O–H groups in total. The second kappa shape index (κ2) is 6.66. The van der Waals surface area contributed by atoms with E-state index in [1.54, 1.807) is 20.4 Å². The summed E-state index contributed by atoms with van der Waals surface area (Å²) < 4.78 is 17.1. The highest BCUT2D eigenvalue weighted by Gasteiger charge is 2.23. The zero-order chi connectivity index (χ0) is 17.1. The number of carbonyl (C=O) groups is 1. The number of hydrogen-bond acceptors (Lipinski definition) is 4. The summed E-state index contributed by atoms with van der Waals surface area (Å²) in [6.45, 7) is 2.27. The number of aldehydes is 1. The van der Waals surface area contributed by atoms with Crippen molar-refractivity contribution in [2.75, 3.05) is 14.2 Å². The molecule has 0 aliphatic carbocycles. The van der Waals surface area contributed by atoms with E-state index in [0.717, 1.165) is 22.9 Å². The van der Waals surface area contributed by atoms with Crippen molar-refractivity contribution in [3.8, 4) is 17.2 Å². The molecule has 1 heterocycles. The van der Waals surface area contributed by atoms with Crippen molar-refractivity contribution in [2.24, 2.45) is 0 Å². The van der Waals surface area contributed by atoms with Crippen LogP contribution >= 0.6 is 0 Å². The van der Waals surface area contributed by atoms with E-state index in [-0.39, 0.29) is 0 Å². The number of rotatable bonds is 6. The minimum atomic E-state index is 0.377. The van der Waals surface area contributed by atoms with Crippen LogP contribution in [-0.2, 0) is 6.61 Å². The van der Waals surface area contributed by atoms with Crippen LogP contribution in [0.15, 0.2) is 36.5 Å². The average Bonchev–Trinajstić information content (AvgIpc) is 3.04. The van der Waals surface area contributed by atoms with Crippen molar-refractivity contribution < 1.29 is 19.0 Å². The van der Waals surface area contributed by atoms with Gasteiger partial charge in [0.25, 0.3) is 0 Å². The Morgan fingerprint density at radius 2 is 1.75 bits per heavy atom. The van der Waals surface area contributed by atoms with E-state index in [1.165, 1.54) is 0 Å². The Morgan fingerprint density at radius 1 is 1.04 bits per heavy atom. The van der Waals surface area contributed by atoms with E-state index in [9.17, 15) is 4.79 Å². The average molecular weight is 325 g/mol. The van der Waals surface area contributed by atoms with Gasteiger partial charge < -0.3 is 19.2 Å². The predicted octanol–water partition coefficient (Wildman–Crippen LogP) is 3.89. The molecule has 2 aromatic carbocycles. The van der Waals surface area contributed by atoms with E-state index in [2.05, 4.69) is 4.98 Å². The molecule has 0 aliphatic rings. The van der Waals surface area contributed by atoms with Gasteiger partial charge in [0.15, 0.2) is 17.8 Å². The van der Waals surface area contributed by atoms with Gasteiger partial charge in [0.1, 0.15) is 12.4 Å². The smallest absolute Gasteiger partial charge is 0.172 e. The fraction of sp³-hybridized carbons (Fsp3) is 0.211. The molecular weight excluding hydrogens is 306 g/mol. The van der Waals surface area contributed by atoms with Crippen LogP contribution in [0.1, 0.15) is 21.5 Å². The van der Waals surface area contributed by atoms with Gasteiger partial charge in [-0.2, -0.15) is 0 Å². The van der Waals surface area contributed by atoms with Crippen LogP contribution in [0.5, 0.6) is 17.2 Å². The Bertz CT molecular complexity index is 868. The highest BCUT2D eigenvalue weighted by molar-refractivity contribution is 6.05. The van der Waals surface area contributed by atoms with E-state index >= 15 is 0 Å². The van der Waals surface area contributed by atoms with E-state index in [0.29, 0.717) is 34.8 Å². The zero-order valence-electron chi connectivity index (χ0n) is 13.9. The summed E-state index contributed by atoms with van der Waals surface area (Å²) >= 11 is 0. The molecule has 0 spiro atoms. The maximum Gasteiger partial charge on any atom is 0.172 e. The number of carbonyl (C=O) groups excluding carboxylic acids is 1. The molecule has 0 fully saturated rings. The second-order valence-corrected chi connectivity index (χ2v) is 5.41. The van der Waals surface area contributed by atoms with Gasteiger partial charge in [-0.15, -0.1) is 0 Å². The normalized spacial score (nSPS) is 10.6. The third kappa shape index (κ3) is 2.58. The molecule has 0 aliphatic heterocycles. The molecule has 124 valence electrons. The SMILES string of the molecule is COc1c(C)c(OC)c2[nH]cc(C=O)c2c1OCc1ccccc1. The van der Waals surface area contributed by atoms with Crippen LogP contribution in [0, 0.1) is 6.92 Å². The Kier molecular flexibility index (Phi) is 4.42. The lowest BCUT2D eigenvalue weighted by molar-refractivity contribution is 0.112. The number of nitrogens with one attached hydrogen (secondary N) is 1. The summed E-state index contributed by atoms with van der Waals surface area (Å²) in [7, 11) is 3.17. The number of hydrogen-bond donors (Lipinski definition) is 1. The first kappa shape index (κ1) is 15.9. The quantitative estimate of drug-likeness (QED) is 0.699. The Hall–Kier alpha value is -2.95. The van der Waals surface area contributed by atoms with Crippen molar-refractivity contribution in [1.29, 1.82) is 0 Å².